The number of amidine groups is 1. The van der Waals surface area contributed by atoms with Crippen LogP contribution in [-0.4, -0.2) is 41.0 Å². The van der Waals surface area contributed by atoms with Crippen molar-refractivity contribution in [2.24, 2.45) is 10.7 Å². The monoisotopic (exact) mass is 389 g/mol. The first-order valence-corrected chi connectivity index (χ1v) is 9.37. The maximum Gasteiger partial charge on any atom is 0.271 e. The number of nitrogens with one attached hydrogen (secondary N) is 1. The molecule has 1 atom stereocenters. The van der Waals surface area contributed by atoms with Gasteiger partial charge in [0.1, 0.15) is 28.3 Å². The molecule has 0 fully saturated rings. The van der Waals surface area contributed by atoms with Crippen LogP contribution in [0.4, 0.5) is 10.1 Å². The molecule has 0 saturated heterocycles. The molecular formula is C17H16FN5O3S. The fourth-order valence-corrected chi connectivity index (χ4v) is 4.83. The molecular weight excluding hydrogens is 373 g/mol. The highest BCUT2D eigenvalue weighted by Crippen LogP contribution is 2.43. The predicted octanol–water partition coefficient (Wildman–Crippen LogP) is 1.17. The Morgan fingerprint density at radius 2 is 2.26 bits per heavy atom. The van der Waals surface area contributed by atoms with Gasteiger partial charge < -0.3 is 19.9 Å². The van der Waals surface area contributed by atoms with E-state index in [0.717, 1.165) is 11.5 Å². The van der Waals surface area contributed by atoms with E-state index in [4.69, 9.17) is 10.5 Å². The third-order valence-electron chi connectivity index (χ3n) is 5.06. The highest BCUT2D eigenvalue weighted by atomic mass is 32.1. The Morgan fingerprint density at radius 1 is 1.44 bits per heavy atom. The Labute approximate surface area is 155 Å². The molecule has 2 aromatic heterocycles. The zero-order chi connectivity index (χ0) is 18.9. The van der Waals surface area contributed by atoms with Crippen molar-refractivity contribution < 1.29 is 9.13 Å². The average molecular weight is 389 g/mol. The maximum atomic E-state index is 15.1. The molecule has 0 radical (unpaired) electrons. The molecule has 4 heterocycles. The van der Waals surface area contributed by atoms with Gasteiger partial charge in [0.05, 0.1) is 30.0 Å². The third kappa shape index (κ3) is 2.16. The summed E-state index contributed by atoms with van der Waals surface area (Å²) in [6, 6.07) is 1.09. The van der Waals surface area contributed by atoms with E-state index in [0.29, 0.717) is 41.6 Å². The number of fused-ring (bicyclic) bond motifs is 2. The number of halogens is 1. The van der Waals surface area contributed by atoms with Gasteiger partial charge in [-0.05, 0) is 24.5 Å². The Balaban J connectivity index is 1.93. The highest BCUT2D eigenvalue weighted by Gasteiger charge is 2.31. The normalized spacial score (nSPS) is 19.4. The topological polar surface area (TPSA) is 106 Å². The van der Waals surface area contributed by atoms with Gasteiger partial charge in [-0.1, -0.05) is 0 Å². The number of aliphatic imine (C=N–C) groups is 1. The molecule has 2 aliphatic rings. The molecule has 0 amide bonds. The summed E-state index contributed by atoms with van der Waals surface area (Å²) in [5.74, 6) is 0.169. The number of anilines is 1. The molecule has 140 valence electrons. The lowest BCUT2D eigenvalue weighted by molar-refractivity contribution is 0.250. The molecule has 0 bridgehead atoms. The first-order valence-electron chi connectivity index (χ1n) is 8.55. The summed E-state index contributed by atoms with van der Waals surface area (Å²) < 4.78 is 25.5. The smallest absolute Gasteiger partial charge is 0.271 e. The average Bonchev–Trinajstić information content (AvgIpc) is 3.02. The largest absolute Gasteiger partial charge is 0.487 e. The number of hydrogen-bond acceptors (Lipinski definition) is 7. The number of aromatic nitrogens is 2. The van der Waals surface area contributed by atoms with Crippen molar-refractivity contribution in [1.29, 1.82) is 0 Å². The van der Waals surface area contributed by atoms with Crippen LogP contribution >= 0.6 is 11.5 Å². The van der Waals surface area contributed by atoms with Crippen LogP contribution in [0.15, 0.2) is 20.6 Å². The number of nitrogens with zero attached hydrogens (tertiary/aromatic N) is 3. The van der Waals surface area contributed by atoms with Gasteiger partial charge in [0, 0.05) is 6.54 Å². The van der Waals surface area contributed by atoms with Gasteiger partial charge in [0.15, 0.2) is 11.6 Å². The first-order chi connectivity index (χ1) is 13.0. The number of benzene rings is 1. The highest BCUT2D eigenvalue weighted by molar-refractivity contribution is 7.12. The van der Waals surface area contributed by atoms with Gasteiger partial charge in [0.25, 0.3) is 5.56 Å². The number of pyridine rings is 1. The number of hydrogen-bond donors (Lipinski definition) is 2. The molecule has 3 N–H and O–H groups in total. The van der Waals surface area contributed by atoms with Crippen molar-refractivity contribution in [3.63, 3.8) is 0 Å². The van der Waals surface area contributed by atoms with Gasteiger partial charge in [-0.3, -0.25) is 19.0 Å². The molecule has 27 heavy (non-hydrogen) atoms. The Kier molecular flexibility index (Phi) is 3.36. The van der Waals surface area contributed by atoms with E-state index in [1.54, 1.807) is 4.90 Å². The van der Waals surface area contributed by atoms with E-state index in [2.05, 4.69) is 9.37 Å². The van der Waals surface area contributed by atoms with E-state index in [1.807, 2.05) is 11.5 Å². The zero-order valence-corrected chi connectivity index (χ0v) is 15.2. The van der Waals surface area contributed by atoms with Crippen molar-refractivity contribution in [1.82, 2.24) is 8.94 Å². The van der Waals surface area contributed by atoms with Gasteiger partial charge in [-0.15, -0.1) is 0 Å². The van der Waals surface area contributed by atoms with Gasteiger partial charge in [0.2, 0.25) is 5.43 Å². The van der Waals surface area contributed by atoms with Crippen molar-refractivity contribution in [3.8, 4) is 5.75 Å². The van der Waals surface area contributed by atoms with E-state index < -0.39 is 16.8 Å². The second-order valence-electron chi connectivity index (χ2n) is 6.80. The lowest BCUT2D eigenvalue weighted by Crippen LogP contribution is -2.41. The Bertz CT molecular complexity index is 1260. The minimum Gasteiger partial charge on any atom is -0.487 e. The lowest BCUT2D eigenvalue weighted by Gasteiger charge is -2.33. The molecule has 1 unspecified atom stereocenters. The van der Waals surface area contributed by atoms with Gasteiger partial charge in [-0.2, -0.15) is 0 Å². The molecule has 8 nitrogen and oxygen atoms in total. The lowest BCUT2D eigenvalue weighted by atomic mass is 10.1. The molecule has 1 aromatic carbocycles. The second kappa shape index (κ2) is 5.56. The van der Waals surface area contributed by atoms with E-state index in [1.165, 1.54) is 6.07 Å². The summed E-state index contributed by atoms with van der Waals surface area (Å²) in [7, 11) is 0. The van der Waals surface area contributed by atoms with Gasteiger partial charge >= 0.3 is 0 Å². The van der Waals surface area contributed by atoms with Crippen LogP contribution in [0, 0.1) is 5.82 Å². The molecule has 10 heteroatoms. The number of aromatic amines is 1. The van der Waals surface area contributed by atoms with Crippen LogP contribution in [0.3, 0.4) is 0 Å². The van der Waals surface area contributed by atoms with E-state index >= 15 is 4.39 Å². The number of nitrogens with two attached hydrogens (primary N) is 1. The quantitative estimate of drug-likeness (QED) is 0.650. The molecule has 0 saturated carbocycles. The summed E-state index contributed by atoms with van der Waals surface area (Å²) in [4.78, 5) is 31.5. The molecule has 5 rings (SSSR count). The van der Waals surface area contributed by atoms with Crippen molar-refractivity contribution >= 4 is 44.2 Å². The number of ether oxygens (including phenoxy) is 1. The van der Waals surface area contributed by atoms with E-state index in [9.17, 15) is 9.59 Å². The van der Waals surface area contributed by atoms with Crippen LogP contribution in [0.1, 0.15) is 13.0 Å². The van der Waals surface area contributed by atoms with Crippen molar-refractivity contribution in [3.05, 3.63) is 32.5 Å². The van der Waals surface area contributed by atoms with Crippen LogP contribution in [-0.2, 0) is 0 Å². The summed E-state index contributed by atoms with van der Waals surface area (Å²) in [6.07, 6.45) is 0. The minimum absolute atomic E-state index is 0.0636. The number of rotatable bonds is 1. The second-order valence-corrected chi connectivity index (χ2v) is 7.59. The molecule has 3 aromatic rings. The SMILES string of the molecule is CC1COc2c(N3CCN=C(N)C3)c(F)cc3c(=O)c4c(=O)[nH]sc4n1c23. The van der Waals surface area contributed by atoms with Gasteiger partial charge in [-0.25, -0.2) is 4.39 Å². The summed E-state index contributed by atoms with van der Waals surface area (Å²) in [5, 5.41) is 0.210. The van der Waals surface area contributed by atoms with Crippen LogP contribution in [0.5, 0.6) is 5.75 Å². The van der Waals surface area contributed by atoms with Crippen LogP contribution in [0.2, 0.25) is 0 Å². The third-order valence-corrected chi connectivity index (χ3v) is 5.94. The number of H-pyrrole nitrogens is 1. The summed E-state index contributed by atoms with van der Waals surface area (Å²) >= 11 is 1.11. The zero-order valence-electron chi connectivity index (χ0n) is 14.4. The fraction of sp³-hybridized carbons (Fsp3) is 0.353. The van der Waals surface area contributed by atoms with Crippen LogP contribution in [0.25, 0.3) is 21.1 Å². The summed E-state index contributed by atoms with van der Waals surface area (Å²) in [5.41, 5.74) is 5.70. The molecule has 2 aliphatic heterocycles. The van der Waals surface area contributed by atoms with Crippen molar-refractivity contribution in [2.45, 2.75) is 13.0 Å². The Morgan fingerprint density at radius 3 is 3.04 bits per heavy atom. The predicted molar refractivity (Wildman–Crippen MR) is 103 cm³/mol. The maximum absolute atomic E-state index is 15.1. The van der Waals surface area contributed by atoms with Crippen molar-refractivity contribution in [2.75, 3.05) is 31.1 Å². The van der Waals surface area contributed by atoms with Crippen LogP contribution < -0.4 is 26.4 Å². The summed E-state index contributed by atoms with van der Waals surface area (Å²) in [6.45, 7) is 3.49. The minimum atomic E-state index is -0.573. The fourth-order valence-electron chi connectivity index (χ4n) is 3.88. The van der Waals surface area contributed by atoms with E-state index in [-0.39, 0.29) is 29.0 Å². The molecule has 0 aliphatic carbocycles. The first kappa shape index (κ1) is 16.3. The standard InChI is InChI=1S/C17H16FN5O3S/c1-7-6-26-15-12-8(14(24)11-16(25)21-27-17(11)23(7)12)4-9(18)13(15)22-3-2-20-10(19)5-22/h4,7H,2-3,5-6H2,1H3,(H2,19,20)(H,21,25). The Hall–Kier alpha value is -2.88. The molecule has 0 spiro atoms.